The van der Waals surface area contributed by atoms with Crippen molar-refractivity contribution >= 4 is 29.7 Å². The largest absolute Gasteiger partial charge is 0.459 e. The third kappa shape index (κ3) is 11.7. The molecule has 0 spiro atoms. The molecule has 0 heterocycles. The number of hydrogen-bond donors (Lipinski definition) is 0. The van der Waals surface area contributed by atoms with Gasteiger partial charge in [-0.05, 0) is 336 Å². The van der Waals surface area contributed by atoms with Crippen molar-refractivity contribution in [1.29, 1.82) is 0 Å². The van der Waals surface area contributed by atoms with Gasteiger partial charge in [0.2, 0.25) is 0 Å². The Bertz CT molecular complexity index is 2560. The third-order valence-corrected chi connectivity index (χ3v) is 33.1. The second-order valence-electron chi connectivity index (χ2n) is 37.3. The highest BCUT2D eigenvalue weighted by Gasteiger charge is 2.63. The summed E-state index contributed by atoms with van der Waals surface area (Å²) < 4.78 is 25.0. The van der Waals surface area contributed by atoms with Crippen molar-refractivity contribution in [2.24, 2.45) is 178 Å². The first kappa shape index (κ1) is 66.2. The van der Waals surface area contributed by atoms with Crippen LogP contribution in [0.1, 0.15) is 277 Å². The average Bonchev–Trinajstić information content (AvgIpc) is 1.10. The molecule has 22 unspecified atom stereocenters. The maximum absolute atomic E-state index is 13.2. The summed E-state index contributed by atoms with van der Waals surface area (Å²) in [6, 6.07) is 0. The minimum Gasteiger partial charge on any atom is -0.459 e. The van der Waals surface area contributed by atoms with E-state index in [-0.39, 0.29) is 76.1 Å². The quantitative estimate of drug-likeness (QED) is 0.147. The molecule has 0 amide bonds. The van der Waals surface area contributed by atoms with Crippen LogP contribution < -0.4 is 0 Å². The average molecular weight is 1250 g/mol. The lowest BCUT2D eigenvalue weighted by Crippen LogP contribution is -2.60. The van der Waals surface area contributed by atoms with Crippen LogP contribution in [0.2, 0.25) is 0 Å². The molecule has 0 N–H and O–H groups in total. The molecule has 18 aliphatic carbocycles. The van der Waals surface area contributed by atoms with Gasteiger partial charge < -0.3 is 18.9 Å². The number of esters is 4. The van der Waals surface area contributed by atoms with Gasteiger partial charge in [0.05, 0.1) is 29.6 Å². The fraction of sp³-hybridized carbons (Fsp3) is 0.938. The van der Waals surface area contributed by atoms with Crippen LogP contribution in [0.15, 0.2) is 0 Å². The molecule has 22 atom stereocenters. The second kappa shape index (κ2) is 25.2. The summed E-state index contributed by atoms with van der Waals surface area (Å²) in [5, 5.41) is 0. The van der Waals surface area contributed by atoms with Crippen LogP contribution in [0.25, 0.3) is 0 Å². The van der Waals surface area contributed by atoms with Crippen molar-refractivity contribution in [3.63, 3.8) is 0 Å². The molecule has 9 heteroatoms. The molecule has 16 bridgehead atoms. The predicted molar refractivity (Wildman–Crippen MR) is 354 cm³/mol. The van der Waals surface area contributed by atoms with Crippen LogP contribution in [0.3, 0.4) is 0 Å². The fourth-order valence-corrected chi connectivity index (χ4v) is 26.8. The molecular formula is C81H128O9. The van der Waals surface area contributed by atoms with E-state index in [2.05, 4.69) is 83.1 Å². The summed E-state index contributed by atoms with van der Waals surface area (Å²) in [6.45, 7) is 31.6. The standard InChI is InChI=1S/C22H34O2.C21H32O2.C20H32O3.C18H30O2/c1-4-22(17-6-14-5-15(8-17)9-18(22)7-14)24-21(23)20-11-16-10-19(20)13(3)12(16)2;1-11-12(2)18-9-15(11)10-19(18)20(22)23-21(3)16-5-13-4-14(7-16)8-17(21)6-13;1-11-6-7-17(18(21)8-11)20(4,5)23-19(22)16-10-14-9-15(16)13(3)12(14)2;1-4-18(8-6-5-7-9-18)20-17(19)16-11-14-10-15(16)13(3)12(14)2/h12-20H,4-11H2,1-3H3;11-19H,4-10H2,1-3H3;11-17H,6-10H2,1-5H3;12-16H,4-11H2,1-3H3. The molecular weight excluding hydrogens is 1120 g/mol. The minimum absolute atomic E-state index is 0.0485. The normalized spacial score (nSPS) is 51.2. The first-order valence-corrected chi connectivity index (χ1v) is 39.2. The van der Waals surface area contributed by atoms with Gasteiger partial charge in [-0.3, -0.25) is 24.0 Å². The Hall–Kier alpha value is -2.45. The topological polar surface area (TPSA) is 122 Å². The van der Waals surface area contributed by atoms with Crippen molar-refractivity contribution in [3.8, 4) is 0 Å². The molecule has 0 radical (unpaired) electrons. The Morgan fingerprint density at radius 2 is 0.789 bits per heavy atom. The van der Waals surface area contributed by atoms with E-state index in [0.717, 1.165) is 129 Å². The van der Waals surface area contributed by atoms with Gasteiger partial charge in [-0.15, -0.1) is 0 Å². The lowest BCUT2D eigenvalue weighted by atomic mass is 9.49. The fourth-order valence-electron chi connectivity index (χ4n) is 26.8. The van der Waals surface area contributed by atoms with Gasteiger partial charge in [0, 0.05) is 6.42 Å². The molecule has 90 heavy (non-hydrogen) atoms. The van der Waals surface area contributed by atoms with E-state index in [0.29, 0.717) is 89.3 Å². The predicted octanol–water partition coefficient (Wildman–Crippen LogP) is 18.5. The number of carbonyl (C=O) groups is 5. The van der Waals surface area contributed by atoms with Crippen LogP contribution in [-0.2, 0) is 42.9 Å². The lowest BCUT2D eigenvalue weighted by Gasteiger charge is -2.60. The van der Waals surface area contributed by atoms with Gasteiger partial charge >= 0.3 is 23.9 Å². The van der Waals surface area contributed by atoms with Crippen LogP contribution >= 0.6 is 0 Å². The molecule has 9 nitrogen and oxygen atoms in total. The van der Waals surface area contributed by atoms with E-state index in [1.54, 1.807) is 0 Å². The molecule has 18 aliphatic rings. The number of hydrogen-bond acceptors (Lipinski definition) is 9. The van der Waals surface area contributed by atoms with Crippen molar-refractivity contribution in [3.05, 3.63) is 0 Å². The van der Waals surface area contributed by atoms with Crippen LogP contribution in [-0.4, -0.2) is 52.1 Å². The first-order valence-electron chi connectivity index (χ1n) is 39.2. The molecule has 0 saturated heterocycles. The number of ether oxygens (including phenoxy) is 4. The Labute approximate surface area is 546 Å². The zero-order chi connectivity index (χ0) is 63.8. The molecule has 506 valence electrons. The number of ketones is 1. The number of fused-ring (bicyclic) bond motifs is 8. The van der Waals surface area contributed by atoms with E-state index in [4.69, 9.17) is 18.9 Å². The maximum Gasteiger partial charge on any atom is 0.309 e. The zero-order valence-electron chi connectivity index (χ0n) is 59.3. The highest BCUT2D eigenvalue weighted by Crippen LogP contribution is 2.65. The molecule has 0 aromatic heterocycles. The van der Waals surface area contributed by atoms with Gasteiger partial charge in [0.15, 0.2) is 0 Å². The Kier molecular flexibility index (Phi) is 18.5. The number of Topliss-reactive ketones (excluding diaryl/α,β-unsaturated/α-hetero) is 1. The molecule has 0 aromatic carbocycles. The molecule has 18 saturated carbocycles. The van der Waals surface area contributed by atoms with Crippen LogP contribution in [0.4, 0.5) is 0 Å². The Morgan fingerprint density at radius 3 is 1.14 bits per heavy atom. The SMILES string of the molecule is CC1C2CC(C(=O)OC3(C)C4CC5CC(C4)CC3C5)C(C2)C1C.CC1CCC(C(C)(C)OC(=O)C2CC3CC2C(C)C3C)C(=O)C1.CCC1(OC(=O)C2CC3CC2C(C)C3C)C2CC3CC(C2)CC1C3.CCC1(OC(=O)C2CC3CC2C(C)C3C)CCCCC1. The van der Waals surface area contributed by atoms with E-state index in [1.165, 1.54) is 109 Å². The summed E-state index contributed by atoms with van der Waals surface area (Å²) in [5.74, 6) is 19.3. The number of carbonyl (C=O) groups excluding carboxylic acids is 5. The van der Waals surface area contributed by atoms with Crippen molar-refractivity contribution in [2.45, 2.75) is 299 Å². The highest BCUT2D eigenvalue weighted by molar-refractivity contribution is 5.84. The van der Waals surface area contributed by atoms with Gasteiger partial charge in [0.1, 0.15) is 28.2 Å². The summed E-state index contributed by atoms with van der Waals surface area (Å²) in [6.07, 6.45) is 33.3. The molecule has 18 fully saturated rings. The third-order valence-electron chi connectivity index (χ3n) is 33.1. The van der Waals surface area contributed by atoms with Crippen molar-refractivity contribution in [1.82, 2.24) is 0 Å². The van der Waals surface area contributed by atoms with Crippen molar-refractivity contribution in [2.75, 3.05) is 0 Å². The van der Waals surface area contributed by atoms with Crippen molar-refractivity contribution < 1.29 is 42.9 Å². The highest BCUT2D eigenvalue weighted by atomic mass is 16.6. The second-order valence-corrected chi connectivity index (χ2v) is 37.3. The molecule has 18 rings (SSSR count). The van der Waals surface area contributed by atoms with Crippen LogP contribution in [0.5, 0.6) is 0 Å². The Balaban J connectivity index is 0.000000110. The molecule has 0 aliphatic heterocycles. The monoisotopic (exact) mass is 1240 g/mol. The maximum atomic E-state index is 13.2. The summed E-state index contributed by atoms with van der Waals surface area (Å²) >= 11 is 0. The van der Waals surface area contributed by atoms with E-state index in [9.17, 15) is 24.0 Å². The van der Waals surface area contributed by atoms with Crippen LogP contribution in [0, 0.1) is 178 Å². The van der Waals surface area contributed by atoms with Gasteiger partial charge in [-0.1, -0.05) is 82.6 Å². The smallest absolute Gasteiger partial charge is 0.309 e. The minimum atomic E-state index is -0.662. The summed E-state index contributed by atoms with van der Waals surface area (Å²) in [7, 11) is 0. The summed E-state index contributed by atoms with van der Waals surface area (Å²) in [5.41, 5.74) is -1.01. The molecule has 0 aromatic rings. The van der Waals surface area contributed by atoms with Gasteiger partial charge in [-0.25, -0.2) is 0 Å². The first-order chi connectivity index (χ1) is 42.7. The Morgan fingerprint density at radius 1 is 0.422 bits per heavy atom. The lowest BCUT2D eigenvalue weighted by molar-refractivity contribution is -0.216. The van der Waals surface area contributed by atoms with Gasteiger partial charge in [-0.2, -0.15) is 0 Å². The zero-order valence-corrected chi connectivity index (χ0v) is 59.3. The van der Waals surface area contributed by atoms with E-state index >= 15 is 0 Å². The van der Waals surface area contributed by atoms with Gasteiger partial charge in [0.25, 0.3) is 0 Å². The van der Waals surface area contributed by atoms with E-state index in [1.807, 2.05) is 13.8 Å². The summed E-state index contributed by atoms with van der Waals surface area (Å²) in [4.78, 5) is 64.1. The number of rotatable bonds is 11. The van der Waals surface area contributed by atoms with E-state index < -0.39 is 5.60 Å².